The van der Waals surface area contributed by atoms with Gasteiger partial charge in [-0.15, -0.1) is 0 Å². The highest BCUT2D eigenvalue weighted by molar-refractivity contribution is 5.75. The first-order chi connectivity index (χ1) is 13.7. The van der Waals surface area contributed by atoms with Gasteiger partial charge in [-0.05, 0) is 43.5 Å². The Morgan fingerprint density at radius 2 is 2.00 bits per heavy atom. The number of fused-ring (bicyclic) bond motifs is 1. The normalized spacial score (nSPS) is 11.6. The van der Waals surface area contributed by atoms with Gasteiger partial charge in [-0.3, -0.25) is 4.99 Å². The molecule has 2 aromatic carbocycles. The van der Waals surface area contributed by atoms with Gasteiger partial charge in [-0.1, -0.05) is 55.1 Å². The van der Waals surface area contributed by atoms with Crippen LogP contribution in [0, 0.1) is 0 Å². The van der Waals surface area contributed by atoms with E-state index in [4.69, 9.17) is 0 Å². The van der Waals surface area contributed by atoms with E-state index >= 15 is 0 Å². The van der Waals surface area contributed by atoms with Crippen LogP contribution >= 0.6 is 0 Å². The Morgan fingerprint density at radius 1 is 1.18 bits per heavy atom. The van der Waals surface area contributed by atoms with Crippen molar-refractivity contribution >= 4 is 17.4 Å². The highest BCUT2D eigenvalue weighted by atomic mass is 15.2. The number of rotatable bonds is 9. The largest absolute Gasteiger partial charge is 0.333 e. The van der Waals surface area contributed by atoms with Crippen LogP contribution in [-0.2, 0) is 13.1 Å². The van der Waals surface area contributed by atoms with Crippen molar-refractivity contribution in [2.75, 3.05) is 6.54 Å². The molecule has 1 aromatic heterocycles. The average Bonchev–Trinajstić information content (AvgIpc) is 3.10. The lowest BCUT2D eigenvalue weighted by molar-refractivity contribution is 0.523. The zero-order valence-corrected chi connectivity index (χ0v) is 16.8. The number of hydrogen-bond donors (Lipinski definition) is 0. The first-order valence-electron chi connectivity index (χ1n) is 9.68. The third-order valence-corrected chi connectivity index (χ3v) is 4.60. The van der Waals surface area contributed by atoms with Crippen molar-refractivity contribution in [1.82, 2.24) is 14.5 Å². The summed E-state index contributed by atoms with van der Waals surface area (Å²) >= 11 is 0. The predicted molar refractivity (Wildman–Crippen MR) is 118 cm³/mol. The number of hydrogen-bond acceptors (Lipinski definition) is 2. The zero-order valence-electron chi connectivity index (χ0n) is 16.8. The second-order valence-corrected chi connectivity index (χ2v) is 6.92. The molecule has 144 valence electrons. The number of aliphatic imine (C=N–C) groups is 1. The summed E-state index contributed by atoms with van der Waals surface area (Å²) in [5.41, 5.74) is 5.67. The molecule has 4 heteroatoms. The standard InChI is InChI=1S/C24H28N4/c1-4-5-8-14-25-18-27(20(2)3)16-21-10-9-11-22(15-21)17-28-19-26-23-12-6-7-13-24(23)28/h4-7,9-13,15,18-19H,2,8,14,16-17H2,1,3H3/b5-4-,25-18?. The van der Waals surface area contributed by atoms with Crippen LogP contribution in [0.25, 0.3) is 11.0 Å². The molecule has 0 fully saturated rings. The minimum Gasteiger partial charge on any atom is -0.333 e. The fraction of sp³-hybridized carbons (Fsp3) is 0.250. The van der Waals surface area contributed by atoms with Gasteiger partial charge >= 0.3 is 0 Å². The van der Waals surface area contributed by atoms with Crippen LogP contribution in [0.1, 0.15) is 31.4 Å². The number of imidazole rings is 1. The third kappa shape index (κ3) is 5.19. The van der Waals surface area contributed by atoms with Crippen molar-refractivity contribution in [1.29, 1.82) is 0 Å². The first-order valence-corrected chi connectivity index (χ1v) is 9.68. The van der Waals surface area contributed by atoms with Gasteiger partial charge in [0.25, 0.3) is 0 Å². The van der Waals surface area contributed by atoms with Crippen molar-refractivity contribution in [2.24, 2.45) is 4.99 Å². The van der Waals surface area contributed by atoms with E-state index in [1.165, 1.54) is 11.1 Å². The Balaban J connectivity index is 1.70. The monoisotopic (exact) mass is 372 g/mol. The summed E-state index contributed by atoms with van der Waals surface area (Å²) in [4.78, 5) is 11.1. The predicted octanol–water partition coefficient (Wildman–Crippen LogP) is 5.41. The molecular weight excluding hydrogens is 344 g/mol. The minimum atomic E-state index is 0.765. The number of nitrogens with zero attached hydrogens (tertiary/aromatic N) is 4. The molecule has 0 aliphatic heterocycles. The maximum Gasteiger partial charge on any atom is 0.0961 e. The van der Waals surface area contributed by atoms with Crippen LogP contribution in [0.2, 0.25) is 0 Å². The van der Waals surface area contributed by atoms with E-state index in [2.05, 4.69) is 74.6 Å². The van der Waals surface area contributed by atoms with Gasteiger partial charge in [0, 0.05) is 25.3 Å². The van der Waals surface area contributed by atoms with Crippen molar-refractivity contribution in [3.63, 3.8) is 0 Å². The summed E-state index contributed by atoms with van der Waals surface area (Å²) in [6.45, 7) is 10.5. The van der Waals surface area contributed by atoms with E-state index in [1.54, 1.807) is 0 Å². The topological polar surface area (TPSA) is 33.4 Å². The van der Waals surface area contributed by atoms with E-state index in [-0.39, 0.29) is 0 Å². The van der Waals surface area contributed by atoms with Crippen molar-refractivity contribution in [2.45, 2.75) is 33.4 Å². The quantitative estimate of drug-likeness (QED) is 0.218. The first kappa shape index (κ1) is 19.6. The van der Waals surface area contributed by atoms with Gasteiger partial charge < -0.3 is 9.47 Å². The maximum absolute atomic E-state index is 4.52. The fourth-order valence-electron chi connectivity index (χ4n) is 3.10. The molecule has 0 aliphatic carbocycles. The number of para-hydroxylation sites is 2. The Labute approximate surface area is 167 Å². The third-order valence-electron chi connectivity index (χ3n) is 4.60. The van der Waals surface area contributed by atoms with Gasteiger partial charge in [0.1, 0.15) is 0 Å². The molecule has 0 bridgehead atoms. The molecule has 3 aromatic rings. The summed E-state index contributed by atoms with van der Waals surface area (Å²) in [7, 11) is 0. The van der Waals surface area contributed by atoms with Crippen LogP contribution in [0.5, 0.6) is 0 Å². The average molecular weight is 373 g/mol. The zero-order chi connectivity index (χ0) is 19.8. The van der Waals surface area contributed by atoms with Gasteiger partial charge in [-0.2, -0.15) is 0 Å². The Bertz CT molecular complexity index is 981. The molecule has 0 saturated heterocycles. The second kappa shape index (κ2) is 9.70. The minimum absolute atomic E-state index is 0.765. The number of aromatic nitrogens is 2. The molecule has 0 amide bonds. The highest BCUT2D eigenvalue weighted by Crippen LogP contribution is 2.16. The van der Waals surface area contributed by atoms with Crippen LogP contribution in [0.3, 0.4) is 0 Å². The van der Waals surface area contributed by atoms with Crippen LogP contribution in [0.4, 0.5) is 0 Å². The van der Waals surface area contributed by atoms with E-state index in [9.17, 15) is 0 Å². The molecule has 4 nitrogen and oxygen atoms in total. The molecule has 28 heavy (non-hydrogen) atoms. The molecule has 3 rings (SSSR count). The van der Waals surface area contributed by atoms with Crippen molar-refractivity contribution in [3.05, 3.63) is 90.4 Å². The molecule has 0 aliphatic rings. The van der Waals surface area contributed by atoms with Crippen molar-refractivity contribution < 1.29 is 0 Å². The summed E-state index contributed by atoms with van der Waals surface area (Å²) < 4.78 is 2.19. The molecular formula is C24H28N4. The molecule has 0 spiro atoms. The van der Waals surface area contributed by atoms with E-state index in [0.717, 1.165) is 42.8 Å². The fourth-order valence-corrected chi connectivity index (χ4v) is 3.10. The lowest BCUT2D eigenvalue weighted by atomic mass is 10.1. The number of allylic oxidation sites excluding steroid dienone is 2. The Hall–Kier alpha value is -3.14. The number of benzene rings is 2. The summed E-state index contributed by atoms with van der Waals surface area (Å²) in [6.07, 6.45) is 8.97. The summed E-state index contributed by atoms with van der Waals surface area (Å²) in [6, 6.07) is 16.9. The lowest BCUT2D eigenvalue weighted by Gasteiger charge is -2.20. The summed E-state index contributed by atoms with van der Waals surface area (Å²) in [5, 5.41) is 0. The molecule has 0 unspecified atom stereocenters. The second-order valence-electron chi connectivity index (χ2n) is 6.92. The smallest absolute Gasteiger partial charge is 0.0961 e. The highest BCUT2D eigenvalue weighted by Gasteiger charge is 2.06. The summed E-state index contributed by atoms with van der Waals surface area (Å²) in [5.74, 6) is 0. The van der Waals surface area contributed by atoms with E-state index in [1.807, 2.05) is 38.6 Å². The maximum atomic E-state index is 4.52. The van der Waals surface area contributed by atoms with Gasteiger partial charge in [0.2, 0.25) is 0 Å². The lowest BCUT2D eigenvalue weighted by Crippen LogP contribution is -2.19. The Kier molecular flexibility index (Phi) is 6.79. The van der Waals surface area contributed by atoms with Gasteiger partial charge in [0.05, 0.1) is 23.7 Å². The molecule has 1 heterocycles. The molecule has 0 atom stereocenters. The SMILES string of the molecule is C=C(C)N(C=NCC/C=C\C)Cc1cccc(Cn2cnc3ccccc32)c1. The molecule has 0 saturated carbocycles. The van der Waals surface area contributed by atoms with Gasteiger partial charge in [0.15, 0.2) is 0 Å². The van der Waals surface area contributed by atoms with Crippen LogP contribution < -0.4 is 0 Å². The van der Waals surface area contributed by atoms with E-state index in [0.29, 0.717) is 0 Å². The van der Waals surface area contributed by atoms with Crippen LogP contribution in [0.15, 0.2) is 84.3 Å². The van der Waals surface area contributed by atoms with Crippen molar-refractivity contribution in [3.8, 4) is 0 Å². The Morgan fingerprint density at radius 3 is 2.82 bits per heavy atom. The van der Waals surface area contributed by atoms with E-state index < -0.39 is 0 Å². The molecule has 0 radical (unpaired) electrons. The van der Waals surface area contributed by atoms with Crippen LogP contribution in [-0.4, -0.2) is 27.3 Å². The van der Waals surface area contributed by atoms with Gasteiger partial charge in [-0.25, -0.2) is 4.98 Å². The molecule has 0 N–H and O–H groups in total.